The maximum absolute atomic E-state index is 8.06. The van der Waals surface area contributed by atoms with Crippen molar-refractivity contribution in [2.75, 3.05) is 0 Å². The third kappa shape index (κ3) is 945. The van der Waals surface area contributed by atoms with Gasteiger partial charge in [-0.15, -0.1) is 0 Å². The molecule has 54 valence electrons. The summed E-state index contributed by atoms with van der Waals surface area (Å²) in [5.41, 5.74) is 0. The van der Waals surface area contributed by atoms with Crippen molar-refractivity contribution in [1.29, 1.82) is 0 Å². The van der Waals surface area contributed by atoms with E-state index in [0.717, 1.165) is 0 Å². The Morgan fingerprint density at radius 2 is 0.778 bits per heavy atom. The van der Waals surface area contributed by atoms with Gasteiger partial charge in [-0.25, -0.2) is 0 Å². The second-order valence-corrected chi connectivity index (χ2v) is 2.19. The Morgan fingerprint density at radius 3 is 0.778 bits per heavy atom. The van der Waals surface area contributed by atoms with Crippen LogP contribution in [0.1, 0.15) is 27.7 Å². The summed E-state index contributed by atoms with van der Waals surface area (Å²) in [7, 11) is 0. The molecule has 0 spiro atoms. The van der Waals surface area contributed by atoms with Gasteiger partial charge < -0.3 is 10.2 Å². The van der Waals surface area contributed by atoms with Crippen molar-refractivity contribution >= 4 is 0 Å². The SMILES string of the molecule is CC(C)O.CC(C)O.[Ti+2]. The molecule has 0 aromatic carbocycles. The molecule has 0 aromatic heterocycles. The second kappa shape index (κ2) is 11.4. The van der Waals surface area contributed by atoms with Crippen LogP contribution in [0.2, 0.25) is 0 Å². The first-order chi connectivity index (χ1) is 3.46. The summed E-state index contributed by atoms with van der Waals surface area (Å²) < 4.78 is 0. The van der Waals surface area contributed by atoms with Gasteiger partial charge in [0.05, 0.1) is 0 Å². The van der Waals surface area contributed by atoms with Gasteiger partial charge in [-0.05, 0) is 27.7 Å². The van der Waals surface area contributed by atoms with Gasteiger partial charge in [0.15, 0.2) is 0 Å². The molecule has 2 N–H and O–H groups in total. The zero-order valence-corrected chi connectivity index (χ0v) is 8.11. The molecule has 0 bridgehead atoms. The maximum atomic E-state index is 8.06. The Kier molecular flexibility index (Phi) is 20.7. The molecule has 0 aliphatic carbocycles. The van der Waals surface area contributed by atoms with Crippen molar-refractivity contribution in [1.82, 2.24) is 0 Å². The zero-order chi connectivity index (χ0) is 7.15. The van der Waals surface area contributed by atoms with Crippen LogP contribution in [0.15, 0.2) is 0 Å². The molecule has 2 nitrogen and oxygen atoms in total. The van der Waals surface area contributed by atoms with Crippen LogP contribution >= 0.6 is 0 Å². The van der Waals surface area contributed by atoms with E-state index in [1.54, 1.807) is 27.7 Å². The topological polar surface area (TPSA) is 40.5 Å². The fraction of sp³-hybridized carbons (Fsp3) is 1.00. The predicted octanol–water partition coefficient (Wildman–Crippen LogP) is 0.772. The van der Waals surface area contributed by atoms with E-state index in [1.807, 2.05) is 0 Å². The predicted molar refractivity (Wildman–Crippen MR) is 34.7 cm³/mol. The molecule has 0 aliphatic rings. The normalized spacial score (nSPS) is 8.00. The number of rotatable bonds is 0. The first-order valence-electron chi connectivity index (χ1n) is 2.83. The van der Waals surface area contributed by atoms with Crippen LogP contribution < -0.4 is 0 Å². The van der Waals surface area contributed by atoms with E-state index in [2.05, 4.69) is 0 Å². The Balaban J connectivity index is -0.0000000720. The molecule has 0 heterocycles. The molecule has 0 aromatic rings. The summed E-state index contributed by atoms with van der Waals surface area (Å²) in [5, 5.41) is 16.1. The molecule has 0 fully saturated rings. The van der Waals surface area contributed by atoms with Gasteiger partial charge in [-0.1, -0.05) is 0 Å². The van der Waals surface area contributed by atoms with Crippen LogP contribution in [-0.4, -0.2) is 22.4 Å². The van der Waals surface area contributed by atoms with E-state index in [4.69, 9.17) is 10.2 Å². The molecule has 0 atom stereocenters. The minimum atomic E-state index is -0.167. The summed E-state index contributed by atoms with van der Waals surface area (Å²) in [6.45, 7) is 6.89. The molecule has 0 saturated carbocycles. The molecule has 0 saturated heterocycles. The average Bonchev–Trinajstić information content (AvgIpc) is 1.25. The summed E-state index contributed by atoms with van der Waals surface area (Å²) in [6, 6.07) is 0. The average molecular weight is 168 g/mol. The smallest absolute Gasteiger partial charge is 0.394 e. The fourth-order valence-electron chi connectivity index (χ4n) is 0. The van der Waals surface area contributed by atoms with Gasteiger partial charge in [-0.2, -0.15) is 0 Å². The Morgan fingerprint density at radius 1 is 0.778 bits per heavy atom. The van der Waals surface area contributed by atoms with Crippen molar-refractivity contribution in [3.63, 3.8) is 0 Å². The Hall–Kier alpha value is 0.634. The van der Waals surface area contributed by atoms with Gasteiger partial charge in [0.1, 0.15) is 0 Å². The maximum Gasteiger partial charge on any atom is 2.00 e. The third-order valence-corrected chi connectivity index (χ3v) is 0. The van der Waals surface area contributed by atoms with E-state index in [9.17, 15) is 0 Å². The number of aliphatic hydroxyl groups excluding tert-OH is 2. The van der Waals surface area contributed by atoms with Gasteiger partial charge >= 0.3 is 21.7 Å². The molecule has 3 heteroatoms. The molecular weight excluding hydrogens is 152 g/mol. The van der Waals surface area contributed by atoms with Crippen LogP contribution in [0, 0.1) is 0 Å². The Labute approximate surface area is 72.2 Å². The van der Waals surface area contributed by atoms with E-state index < -0.39 is 0 Å². The molecule has 0 aliphatic heterocycles. The monoisotopic (exact) mass is 168 g/mol. The zero-order valence-electron chi connectivity index (χ0n) is 6.55. The van der Waals surface area contributed by atoms with E-state index in [-0.39, 0.29) is 33.9 Å². The van der Waals surface area contributed by atoms with E-state index >= 15 is 0 Å². The van der Waals surface area contributed by atoms with Crippen LogP contribution in [0.4, 0.5) is 0 Å². The van der Waals surface area contributed by atoms with Gasteiger partial charge in [0.2, 0.25) is 0 Å². The molecule has 0 unspecified atom stereocenters. The van der Waals surface area contributed by atoms with Crippen molar-refractivity contribution in [3.05, 3.63) is 0 Å². The Bertz CT molecular complexity index is 26.5. The third-order valence-electron chi connectivity index (χ3n) is 0. The van der Waals surface area contributed by atoms with Crippen molar-refractivity contribution in [2.24, 2.45) is 0 Å². The molecular formula is C6H16O2Ti+2. The number of hydrogen-bond donors (Lipinski definition) is 2. The van der Waals surface area contributed by atoms with Gasteiger partial charge in [0, 0.05) is 12.2 Å². The summed E-state index contributed by atoms with van der Waals surface area (Å²) in [6.07, 6.45) is -0.333. The summed E-state index contributed by atoms with van der Waals surface area (Å²) in [5.74, 6) is 0. The molecule has 0 rings (SSSR count). The van der Waals surface area contributed by atoms with E-state index in [0.29, 0.717) is 0 Å². The summed E-state index contributed by atoms with van der Waals surface area (Å²) >= 11 is 0. The number of aliphatic hydroxyl groups is 2. The molecule has 9 heavy (non-hydrogen) atoms. The van der Waals surface area contributed by atoms with Crippen LogP contribution in [0.3, 0.4) is 0 Å². The van der Waals surface area contributed by atoms with Crippen LogP contribution in [0.25, 0.3) is 0 Å². The molecule has 0 amide bonds. The first kappa shape index (κ1) is 16.3. The fourth-order valence-corrected chi connectivity index (χ4v) is 0. The first-order valence-corrected chi connectivity index (χ1v) is 2.83. The number of hydrogen-bond acceptors (Lipinski definition) is 2. The minimum Gasteiger partial charge on any atom is -0.394 e. The quantitative estimate of drug-likeness (QED) is 0.524. The largest absolute Gasteiger partial charge is 2.00 e. The standard InChI is InChI=1S/2C3H8O.Ti/c2*1-3(2)4;/h2*3-4H,1-2H3;/q;;+2. The van der Waals surface area contributed by atoms with Crippen LogP contribution in [-0.2, 0) is 21.7 Å². The minimum absolute atomic E-state index is 0. The molecule has 0 radical (unpaired) electrons. The van der Waals surface area contributed by atoms with Gasteiger partial charge in [-0.3, -0.25) is 0 Å². The van der Waals surface area contributed by atoms with Crippen LogP contribution in [0.5, 0.6) is 0 Å². The second-order valence-electron chi connectivity index (χ2n) is 2.19. The van der Waals surface area contributed by atoms with E-state index in [1.165, 1.54) is 0 Å². The summed E-state index contributed by atoms with van der Waals surface area (Å²) in [4.78, 5) is 0. The van der Waals surface area contributed by atoms with Gasteiger partial charge in [0.25, 0.3) is 0 Å². The van der Waals surface area contributed by atoms with Crippen molar-refractivity contribution < 1.29 is 31.9 Å². The van der Waals surface area contributed by atoms with Crippen molar-refractivity contribution in [2.45, 2.75) is 39.9 Å². The van der Waals surface area contributed by atoms with Crippen molar-refractivity contribution in [3.8, 4) is 0 Å².